The van der Waals surface area contributed by atoms with Crippen molar-refractivity contribution in [3.05, 3.63) is 65.9 Å². The highest BCUT2D eigenvalue weighted by Crippen LogP contribution is 2.36. The Hall–Kier alpha value is -2.15. The molecule has 1 atom stereocenters. The molecule has 2 aromatic carbocycles. The van der Waals surface area contributed by atoms with Crippen LogP contribution in [-0.4, -0.2) is 4.98 Å². The SMILES string of the molecule is CC.CCC(C)c1ccc2ccccc2c1-c1ccc(C)cn1. The van der Waals surface area contributed by atoms with E-state index >= 15 is 0 Å². The van der Waals surface area contributed by atoms with Gasteiger partial charge < -0.3 is 0 Å². The minimum Gasteiger partial charge on any atom is -0.256 e. The van der Waals surface area contributed by atoms with Crippen molar-refractivity contribution in [1.82, 2.24) is 4.98 Å². The van der Waals surface area contributed by atoms with E-state index in [9.17, 15) is 0 Å². The Morgan fingerprint density at radius 3 is 2.35 bits per heavy atom. The van der Waals surface area contributed by atoms with Crippen LogP contribution in [0.15, 0.2) is 54.7 Å². The van der Waals surface area contributed by atoms with Crippen LogP contribution >= 0.6 is 0 Å². The largest absolute Gasteiger partial charge is 0.256 e. The summed E-state index contributed by atoms with van der Waals surface area (Å²) in [6, 6.07) is 17.4. The zero-order valence-electron chi connectivity index (χ0n) is 14.9. The van der Waals surface area contributed by atoms with Crippen LogP contribution in [0.25, 0.3) is 22.0 Å². The number of rotatable bonds is 3. The molecule has 0 saturated heterocycles. The first-order valence-corrected chi connectivity index (χ1v) is 8.65. The fraction of sp³-hybridized carbons (Fsp3) is 0.318. The number of hydrogen-bond donors (Lipinski definition) is 0. The number of aryl methyl sites for hydroxylation is 1. The van der Waals surface area contributed by atoms with Crippen LogP contribution in [0.1, 0.15) is 51.2 Å². The van der Waals surface area contributed by atoms with Gasteiger partial charge >= 0.3 is 0 Å². The van der Waals surface area contributed by atoms with Gasteiger partial charge in [0.1, 0.15) is 0 Å². The van der Waals surface area contributed by atoms with Crippen LogP contribution in [0, 0.1) is 6.92 Å². The van der Waals surface area contributed by atoms with Crippen LogP contribution in [0.2, 0.25) is 0 Å². The number of nitrogens with zero attached hydrogens (tertiary/aromatic N) is 1. The fourth-order valence-electron chi connectivity index (χ4n) is 2.82. The van der Waals surface area contributed by atoms with E-state index in [1.165, 1.54) is 27.5 Å². The summed E-state index contributed by atoms with van der Waals surface area (Å²) in [6.07, 6.45) is 3.09. The molecule has 3 rings (SSSR count). The third kappa shape index (κ3) is 3.61. The van der Waals surface area contributed by atoms with Gasteiger partial charge in [-0.3, -0.25) is 4.98 Å². The minimum atomic E-state index is 0.535. The van der Waals surface area contributed by atoms with Gasteiger partial charge in [-0.15, -0.1) is 0 Å². The number of benzene rings is 2. The molecule has 0 saturated carbocycles. The van der Waals surface area contributed by atoms with E-state index in [2.05, 4.69) is 74.3 Å². The second kappa shape index (κ2) is 7.92. The van der Waals surface area contributed by atoms with Gasteiger partial charge in [-0.1, -0.05) is 70.2 Å². The Morgan fingerprint density at radius 1 is 0.957 bits per heavy atom. The smallest absolute Gasteiger partial charge is 0.0711 e. The summed E-state index contributed by atoms with van der Waals surface area (Å²) >= 11 is 0. The second-order valence-electron chi connectivity index (χ2n) is 5.78. The monoisotopic (exact) mass is 305 g/mol. The highest BCUT2D eigenvalue weighted by Gasteiger charge is 2.14. The Bertz CT molecular complexity index is 757. The summed E-state index contributed by atoms with van der Waals surface area (Å²) in [7, 11) is 0. The van der Waals surface area contributed by atoms with Crippen molar-refractivity contribution in [2.24, 2.45) is 0 Å². The molecule has 0 spiro atoms. The van der Waals surface area contributed by atoms with Crippen LogP contribution in [0.3, 0.4) is 0 Å². The first-order chi connectivity index (χ1) is 11.2. The minimum absolute atomic E-state index is 0.535. The van der Waals surface area contributed by atoms with Crippen molar-refractivity contribution in [3.8, 4) is 11.3 Å². The molecular weight excluding hydrogens is 278 g/mol. The molecule has 23 heavy (non-hydrogen) atoms. The van der Waals surface area contributed by atoms with Gasteiger partial charge in [0.25, 0.3) is 0 Å². The standard InChI is InChI=1S/C20H21N.C2H6/c1-4-15(3)17-11-10-16-7-5-6-8-18(16)20(17)19-12-9-14(2)13-21-19;1-2/h5-13,15H,4H2,1-3H3;1-2H3. The molecule has 1 heterocycles. The lowest BCUT2D eigenvalue weighted by atomic mass is 9.88. The van der Waals surface area contributed by atoms with Gasteiger partial charge in [0, 0.05) is 11.8 Å². The molecular formula is C22H27N. The molecule has 120 valence electrons. The molecule has 0 radical (unpaired) electrons. The van der Waals surface area contributed by atoms with E-state index in [1.54, 1.807) is 0 Å². The van der Waals surface area contributed by atoms with Crippen LogP contribution in [-0.2, 0) is 0 Å². The molecule has 0 aliphatic heterocycles. The third-order valence-electron chi connectivity index (χ3n) is 4.27. The lowest BCUT2D eigenvalue weighted by Gasteiger charge is -2.17. The molecule has 3 aromatic rings. The normalized spacial score (nSPS) is 11.7. The van der Waals surface area contributed by atoms with Gasteiger partial charge in [0.2, 0.25) is 0 Å². The number of hydrogen-bond acceptors (Lipinski definition) is 1. The molecule has 1 nitrogen and oxygen atoms in total. The van der Waals surface area contributed by atoms with Gasteiger partial charge in [-0.05, 0) is 47.2 Å². The van der Waals surface area contributed by atoms with Gasteiger partial charge in [0.15, 0.2) is 0 Å². The Kier molecular flexibility index (Phi) is 5.92. The average molecular weight is 305 g/mol. The molecule has 1 aromatic heterocycles. The van der Waals surface area contributed by atoms with Crippen molar-refractivity contribution in [3.63, 3.8) is 0 Å². The topological polar surface area (TPSA) is 12.9 Å². The summed E-state index contributed by atoms with van der Waals surface area (Å²) < 4.78 is 0. The third-order valence-corrected chi connectivity index (χ3v) is 4.27. The molecule has 0 aliphatic carbocycles. The second-order valence-corrected chi connectivity index (χ2v) is 5.78. The van der Waals surface area contributed by atoms with E-state index in [0.29, 0.717) is 5.92 Å². The van der Waals surface area contributed by atoms with Crippen molar-refractivity contribution >= 4 is 10.8 Å². The van der Waals surface area contributed by atoms with E-state index in [-0.39, 0.29) is 0 Å². The quantitative estimate of drug-likeness (QED) is 0.521. The van der Waals surface area contributed by atoms with Gasteiger partial charge in [-0.2, -0.15) is 0 Å². The van der Waals surface area contributed by atoms with Gasteiger partial charge in [0.05, 0.1) is 5.69 Å². The maximum Gasteiger partial charge on any atom is 0.0711 e. The number of fused-ring (bicyclic) bond motifs is 1. The van der Waals surface area contributed by atoms with Crippen molar-refractivity contribution in [2.75, 3.05) is 0 Å². The fourth-order valence-corrected chi connectivity index (χ4v) is 2.82. The maximum atomic E-state index is 4.68. The molecule has 0 amide bonds. The summed E-state index contributed by atoms with van der Waals surface area (Å²) in [5.41, 5.74) is 4.96. The molecule has 1 unspecified atom stereocenters. The first kappa shape index (κ1) is 17.2. The summed E-state index contributed by atoms with van der Waals surface area (Å²) in [5, 5.41) is 2.58. The zero-order valence-corrected chi connectivity index (χ0v) is 14.9. The average Bonchev–Trinajstić information content (AvgIpc) is 2.62. The van der Waals surface area contributed by atoms with Gasteiger partial charge in [-0.25, -0.2) is 0 Å². The Morgan fingerprint density at radius 2 is 1.70 bits per heavy atom. The lowest BCUT2D eigenvalue weighted by Crippen LogP contribution is -1.98. The van der Waals surface area contributed by atoms with E-state index in [0.717, 1.165) is 12.1 Å². The Balaban J connectivity index is 0.000000924. The molecule has 0 aliphatic rings. The highest BCUT2D eigenvalue weighted by atomic mass is 14.7. The predicted molar refractivity (Wildman–Crippen MR) is 102 cm³/mol. The molecule has 0 bridgehead atoms. The highest BCUT2D eigenvalue weighted by molar-refractivity contribution is 5.97. The first-order valence-electron chi connectivity index (χ1n) is 8.65. The lowest BCUT2D eigenvalue weighted by molar-refractivity contribution is 0.736. The number of aromatic nitrogens is 1. The maximum absolute atomic E-state index is 4.68. The molecule has 1 heteroatoms. The van der Waals surface area contributed by atoms with Crippen LogP contribution < -0.4 is 0 Å². The Labute approximate surface area is 140 Å². The zero-order chi connectivity index (χ0) is 16.8. The van der Waals surface area contributed by atoms with E-state index in [1.807, 2.05) is 20.0 Å². The van der Waals surface area contributed by atoms with Crippen molar-refractivity contribution in [2.45, 2.75) is 47.0 Å². The number of pyridine rings is 1. The van der Waals surface area contributed by atoms with E-state index < -0.39 is 0 Å². The van der Waals surface area contributed by atoms with Crippen LogP contribution in [0.4, 0.5) is 0 Å². The molecule has 0 N–H and O–H groups in total. The summed E-state index contributed by atoms with van der Waals surface area (Å²) in [6.45, 7) is 10.6. The molecule has 0 fully saturated rings. The van der Waals surface area contributed by atoms with E-state index in [4.69, 9.17) is 0 Å². The summed E-state index contributed by atoms with van der Waals surface area (Å²) in [5.74, 6) is 0.535. The van der Waals surface area contributed by atoms with Crippen molar-refractivity contribution in [1.29, 1.82) is 0 Å². The predicted octanol–water partition coefficient (Wildman–Crippen LogP) is 6.75. The van der Waals surface area contributed by atoms with Crippen molar-refractivity contribution < 1.29 is 0 Å². The summed E-state index contributed by atoms with van der Waals surface area (Å²) in [4.78, 5) is 4.68. The van der Waals surface area contributed by atoms with Crippen LogP contribution in [0.5, 0.6) is 0 Å².